The summed E-state index contributed by atoms with van der Waals surface area (Å²) in [6, 6.07) is 3.84. The van der Waals surface area contributed by atoms with Crippen LogP contribution in [0.1, 0.15) is 45.8 Å². The first-order valence-electron chi connectivity index (χ1n) is 4.94. The minimum atomic E-state index is -0.826. The smallest absolute Gasteiger partial charge is 0.335 e. The van der Waals surface area contributed by atoms with Gasteiger partial charge in [0.05, 0.1) is 5.56 Å². The molecule has 1 aliphatic carbocycles. The minimum Gasteiger partial charge on any atom is -0.478 e. The van der Waals surface area contributed by atoms with Crippen LogP contribution in [0, 0.1) is 13.8 Å². The highest BCUT2D eigenvalue weighted by Gasteiger charge is 2.26. The van der Waals surface area contributed by atoms with Crippen LogP contribution in [0.4, 0.5) is 0 Å². The largest absolute Gasteiger partial charge is 0.478 e. The highest BCUT2D eigenvalue weighted by Crippen LogP contribution is 2.42. The summed E-state index contributed by atoms with van der Waals surface area (Å²) in [5.41, 5.74) is 3.78. The Morgan fingerprint density at radius 3 is 2.43 bits per heavy atom. The zero-order valence-electron chi connectivity index (χ0n) is 8.50. The van der Waals surface area contributed by atoms with E-state index >= 15 is 0 Å². The third-order valence-corrected chi connectivity index (χ3v) is 2.86. The molecule has 0 aromatic heterocycles. The minimum absolute atomic E-state index is 0.437. The van der Waals surface area contributed by atoms with Gasteiger partial charge in [-0.25, -0.2) is 4.79 Å². The van der Waals surface area contributed by atoms with Crippen molar-refractivity contribution in [1.82, 2.24) is 0 Å². The van der Waals surface area contributed by atoms with Crippen LogP contribution in [0.3, 0.4) is 0 Å². The highest BCUT2D eigenvalue weighted by atomic mass is 16.4. The maximum absolute atomic E-state index is 10.9. The van der Waals surface area contributed by atoms with Crippen molar-refractivity contribution in [3.05, 3.63) is 34.4 Å². The van der Waals surface area contributed by atoms with Gasteiger partial charge in [0.25, 0.3) is 0 Å². The third-order valence-electron chi connectivity index (χ3n) is 2.86. The second-order valence-electron chi connectivity index (χ2n) is 4.10. The van der Waals surface area contributed by atoms with Crippen molar-refractivity contribution in [3.8, 4) is 0 Å². The lowest BCUT2D eigenvalue weighted by atomic mass is 9.97. The quantitative estimate of drug-likeness (QED) is 0.778. The van der Waals surface area contributed by atoms with E-state index in [2.05, 4.69) is 0 Å². The van der Waals surface area contributed by atoms with Crippen molar-refractivity contribution in [2.24, 2.45) is 0 Å². The molecule has 0 bridgehead atoms. The van der Waals surface area contributed by atoms with Crippen molar-refractivity contribution in [3.63, 3.8) is 0 Å². The van der Waals surface area contributed by atoms with Gasteiger partial charge < -0.3 is 5.11 Å². The molecular formula is C12H14O2. The van der Waals surface area contributed by atoms with E-state index in [-0.39, 0.29) is 0 Å². The van der Waals surface area contributed by atoms with Crippen molar-refractivity contribution < 1.29 is 9.90 Å². The van der Waals surface area contributed by atoms with E-state index in [1.54, 1.807) is 6.07 Å². The maximum Gasteiger partial charge on any atom is 0.335 e. The first-order valence-corrected chi connectivity index (χ1v) is 4.94. The Balaban J connectivity index is 2.48. The summed E-state index contributed by atoms with van der Waals surface area (Å²) in [6.45, 7) is 3.87. The van der Waals surface area contributed by atoms with Gasteiger partial charge in [-0.1, -0.05) is 6.07 Å². The number of carboxylic acid groups (broad SMARTS) is 1. The lowest BCUT2D eigenvalue weighted by molar-refractivity contribution is 0.0696. The number of aromatic carboxylic acids is 1. The fraction of sp³-hybridized carbons (Fsp3) is 0.417. The molecule has 1 aromatic carbocycles. The molecule has 1 saturated carbocycles. The average molecular weight is 190 g/mol. The third kappa shape index (κ3) is 1.52. The first-order chi connectivity index (χ1) is 6.59. The Morgan fingerprint density at radius 2 is 1.93 bits per heavy atom. The molecule has 74 valence electrons. The molecule has 0 radical (unpaired) electrons. The van der Waals surface area contributed by atoms with Gasteiger partial charge >= 0.3 is 5.97 Å². The number of benzene rings is 1. The summed E-state index contributed by atoms with van der Waals surface area (Å²) in [4.78, 5) is 10.9. The van der Waals surface area contributed by atoms with Gasteiger partial charge in [0.2, 0.25) is 0 Å². The Kier molecular flexibility index (Phi) is 2.06. The molecule has 1 aliphatic rings. The van der Waals surface area contributed by atoms with E-state index < -0.39 is 5.97 Å². The molecule has 2 heteroatoms. The molecule has 0 heterocycles. The molecule has 1 aromatic rings. The fourth-order valence-electron chi connectivity index (χ4n) is 1.90. The molecule has 1 N–H and O–H groups in total. The van der Waals surface area contributed by atoms with Crippen LogP contribution >= 0.6 is 0 Å². The summed E-state index contributed by atoms with van der Waals surface area (Å²) < 4.78 is 0. The molecule has 0 amide bonds. The standard InChI is InChI=1S/C12H14O2/c1-7-6-11(12(13)14)8(2)5-10(7)9-3-4-9/h5-6,9H,3-4H2,1-2H3,(H,13,14). The number of hydrogen-bond donors (Lipinski definition) is 1. The molecule has 0 spiro atoms. The molecule has 2 nitrogen and oxygen atoms in total. The van der Waals surface area contributed by atoms with Crippen LogP contribution in [0.25, 0.3) is 0 Å². The van der Waals surface area contributed by atoms with Gasteiger partial charge in [-0.05, 0) is 55.4 Å². The average Bonchev–Trinajstić information content (AvgIpc) is 2.91. The number of carbonyl (C=O) groups is 1. The van der Waals surface area contributed by atoms with Gasteiger partial charge in [-0.2, -0.15) is 0 Å². The van der Waals surface area contributed by atoms with Crippen LogP contribution in [-0.2, 0) is 0 Å². The summed E-state index contributed by atoms with van der Waals surface area (Å²) in [7, 11) is 0. The molecule has 0 unspecified atom stereocenters. The predicted octanol–water partition coefficient (Wildman–Crippen LogP) is 2.88. The van der Waals surface area contributed by atoms with Crippen molar-refractivity contribution in [2.45, 2.75) is 32.6 Å². The SMILES string of the molecule is Cc1cc(C2CC2)c(C)cc1C(=O)O. The number of aryl methyl sites for hydroxylation is 2. The molecule has 1 fully saturated rings. The lowest BCUT2D eigenvalue weighted by Gasteiger charge is -2.08. The van der Waals surface area contributed by atoms with Crippen LogP contribution in [0.5, 0.6) is 0 Å². The summed E-state index contributed by atoms with van der Waals surface area (Å²) in [5, 5.41) is 8.94. The van der Waals surface area contributed by atoms with Gasteiger partial charge in [0.1, 0.15) is 0 Å². The monoisotopic (exact) mass is 190 g/mol. The zero-order valence-corrected chi connectivity index (χ0v) is 8.50. The summed E-state index contributed by atoms with van der Waals surface area (Å²) in [5.74, 6) is -0.135. The van der Waals surface area contributed by atoms with E-state index in [1.807, 2.05) is 19.9 Å². The van der Waals surface area contributed by atoms with Crippen molar-refractivity contribution >= 4 is 5.97 Å². The number of carboxylic acids is 1. The second-order valence-corrected chi connectivity index (χ2v) is 4.10. The molecule has 0 atom stereocenters. The summed E-state index contributed by atoms with van der Waals surface area (Å²) in [6.07, 6.45) is 2.51. The predicted molar refractivity (Wildman–Crippen MR) is 54.9 cm³/mol. The van der Waals surface area contributed by atoms with Crippen molar-refractivity contribution in [1.29, 1.82) is 0 Å². The fourth-order valence-corrected chi connectivity index (χ4v) is 1.90. The molecular weight excluding hydrogens is 176 g/mol. The number of rotatable bonds is 2. The van der Waals surface area contributed by atoms with Crippen LogP contribution in [0.2, 0.25) is 0 Å². The molecule has 14 heavy (non-hydrogen) atoms. The topological polar surface area (TPSA) is 37.3 Å². The van der Waals surface area contributed by atoms with E-state index in [4.69, 9.17) is 5.11 Å². The Labute approximate surface area is 83.6 Å². The second kappa shape index (κ2) is 3.12. The molecule has 0 saturated heterocycles. The Morgan fingerprint density at radius 1 is 1.29 bits per heavy atom. The van der Waals surface area contributed by atoms with Crippen LogP contribution in [-0.4, -0.2) is 11.1 Å². The van der Waals surface area contributed by atoms with Crippen LogP contribution in [0.15, 0.2) is 12.1 Å². The normalized spacial score (nSPS) is 15.6. The van der Waals surface area contributed by atoms with Gasteiger partial charge in [0, 0.05) is 0 Å². The first kappa shape index (κ1) is 9.25. The van der Waals surface area contributed by atoms with Gasteiger partial charge in [-0.15, -0.1) is 0 Å². The Bertz CT molecular complexity index is 390. The van der Waals surface area contributed by atoms with Gasteiger partial charge in [0.15, 0.2) is 0 Å². The van der Waals surface area contributed by atoms with E-state index in [0.717, 1.165) is 11.1 Å². The Hall–Kier alpha value is -1.31. The molecule has 0 aliphatic heterocycles. The van der Waals surface area contributed by atoms with E-state index in [0.29, 0.717) is 11.5 Å². The maximum atomic E-state index is 10.9. The van der Waals surface area contributed by atoms with Gasteiger partial charge in [-0.3, -0.25) is 0 Å². The summed E-state index contributed by atoms with van der Waals surface area (Å²) >= 11 is 0. The highest BCUT2D eigenvalue weighted by molar-refractivity contribution is 5.89. The zero-order chi connectivity index (χ0) is 10.3. The van der Waals surface area contributed by atoms with Crippen LogP contribution < -0.4 is 0 Å². The molecule has 2 rings (SSSR count). The van der Waals surface area contributed by atoms with Crippen molar-refractivity contribution in [2.75, 3.05) is 0 Å². The lowest BCUT2D eigenvalue weighted by Crippen LogP contribution is -2.02. The number of hydrogen-bond acceptors (Lipinski definition) is 1. The van der Waals surface area contributed by atoms with E-state index in [1.165, 1.54) is 18.4 Å². The van der Waals surface area contributed by atoms with E-state index in [9.17, 15) is 4.79 Å².